The summed E-state index contributed by atoms with van der Waals surface area (Å²) >= 11 is 0. The number of ether oxygens (including phenoxy) is 2. The Morgan fingerprint density at radius 2 is 1.91 bits per heavy atom. The van der Waals surface area contributed by atoms with E-state index in [4.69, 9.17) is 13.9 Å². The molecule has 0 aliphatic heterocycles. The van der Waals surface area contributed by atoms with Crippen LogP contribution in [-0.2, 0) is 6.61 Å². The third-order valence-corrected chi connectivity index (χ3v) is 3.26. The summed E-state index contributed by atoms with van der Waals surface area (Å²) in [4.78, 5) is 11.3. The van der Waals surface area contributed by atoms with Crippen molar-refractivity contribution in [3.05, 3.63) is 64.5 Å². The minimum Gasteiger partial charge on any atom is -0.507 e. The Balaban J connectivity index is 1.88. The summed E-state index contributed by atoms with van der Waals surface area (Å²) in [6.07, 6.45) is 0. The molecule has 22 heavy (non-hydrogen) atoms. The first-order valence-corrected chi connectivity index (χ1v) is 6.69. The summed E-state index contributed by atoms with van der Waals surface area (Å²) in [5.74, 6) is 1.07. The van der Waals surface area contributed by atoms with Crippen LogP contribution in [0.4, 0.5) is 0 Å². The fourth-order valence-corrected chi connectivity index (χ4v) is 2.17. The van der Waals surface area contributed by atoms with E-state index in [0.29, 0.717) is 17.7 Å². The Kier molecular flexibility index (Phi) is 3.70. The molecule has 0 radical (unpaired) electrons. The van der Waals surface area contributed by atoms with Crippen molar-refractivity contribution < 1.29 is 19.0 Å². The molecule has 0 bridgehead atoms. The first kappa shape index (κ1) is 14.0. The van der Waals surface area contributed by atoms with E-state index in [1.54, 1.807) is 25.3 Å². The van der Waals surface area contributed by atoms with Crippen LogP contribution in [0, 0.1) is 0 Å². The highest BCUT2D eigenvalue weighted by Crippen LogP contribution is 2.32. The molecule has 1 heterocycles. The van der Waals surface area contributed by atoms with E-state index >= 15 is 0 Å². The Morgan fingerprint density at radius 3 is 2.64 bits per heavy atom. The molecule has 0 spiro atoms. The lowest BCUT2D eigenvalue weighted by atomic mass is 10.2. The van der Waals surface area contributed by atoms with Crippen molar-refractivity contribution in [2.24, 2.45) is 0 Å². The van der Waals surface area contributed by atoms with Crippen molar-refractivity contribution in [2.45, 2.75) is 6.61 Å². The van der Waals surface area contributed by atoms with Gasteiger partial charge in [0, 0.05) is 0 Å². The molecule has 0 atom stereocenters. The number of aromatic hydroxyl groups is 1. The summed E-state index contributed by atoms with van der Waals surface area (Å²) in [5.41, 5.74) is 0.643. The maximum atomic E-state index is 11.3. The van der Waals surface area contributed by atoms with Gasteiger partial charge < -0.3 is 19.0 Å². The van der Waals surface area contributed by atoms with Gasteiger partial charge in [0.2, 0.25) is 0 Å². The van der Waals surface area contributed by atoms with Crippen LogP contribution in [-0.4, -0.2) is 12.2 Å². The molecule has 5 heteroatoms. The standard InChI is InChI=1S/C17H14O5/c1-20-12-7-5-11(6-8-12)10-21-14-3-2-4-15-17(14)13(18)9-16(19)22-15/h2-9,18H,10H2,1H3. The second kappa shape index (κ2) is 5.81. The highest BCUT2D eigenvalue weighted by molar-refractivity contribution is 5.89. The zero-order valence-corrected chi connectivity index (χ0v) is 11.9. The SMILES string of the molecule is COc1ccc(COc2cccc3oc(=O)cc(O)c23)cc1. The molecular formula is C17H14O5. The quantitative estimate of drug-likeness (QED) is 0.750. The fourth-order valence-electron chi connectivity index (χ4n) is 2.17. The van der Waals surface area contributed by atoms with Gasteiger partial charge in [-0.2, -0.15) is 0 Å². The van der Waals surface area contributed by atoms with Crippen molar-refractivity contribution in [3.63, 3.8) is 0 Å². The number of fused-ring (bicyclic) bond motifs is 1. The van der Waals surface area contributed by atoms with E-state index in [1.165, 1.54) is 0 Å². The van der Waals surface area contributed by atoms with Gasteiger partial charge in [-0.25, -0.2) is 4.79 Å². The van der Waals surface area contributed by atoms with Crippen LogP contribution in [0.5, 0.6) is 17.2 Å². The largest absolute Gasteiger partial charge is 0.507 e. The van der Waals surface area contributed by atoms with Gasteiger partial charge in [0.1, 0.15) is 34.8 Å². The lowest BCUT2D eigenvalue weighted by molar-refractivity contribution is 0.308. The lowest BCUT2D eigenvalue weighted by Crippen LogP contribution is -1.99. The molecule has 0 aliphatic rings. The predicted molar refractivity (Wildman–Crippen MR) is 81.5 cm³/mol. The summed E-state index contributed by atoms with van der Waals surface area (Å²) in [6, 6.07) is 13.5. The summed E-state index contributed by atoms with van der Waals surface area (Å²) in [6.45, 7) is 0.321. The van der Waals surface area contributed by atoms with Gasteiger partial charge in [-0.05, 0) is 29.8 Å². The third kappa shape index (κ3) is 2.74. The molecule has 0 aliphatic carbocycles. The Labute approximate surface area is 126 Å². The predicted octanol–water partition coefficient (Wildman–Crippen LogP) is 3.09. The normalized spacial score (nSPS) is 10.6. The average Bonchev–Trinajstić information content (AvgIpc) is 2.52. The minimum absolute atomic E-state index is 0.156. The van der Waals surface area contributed by atoms with E-state index in [0.717, 1.165) is 17.4 Å². The van der Waals surface area contributed by atoms with Gasteiger partial charge in [0.05, 0.1) is 13.2 Å². The van der Waals surface area contributed by atoms with Crippen molar-refractivity contribution in [3.8, 4) is 17.2 Å². The van der Waals surface area contributed by atoms with E-state index in [-0.39, 0.29) is 11.3 Å². The van der Waals surface area contributed by atoms with E-state index in [1.807, 2.05) is 24.3 Å². The summed E-state index contributed by atoms with van der Waals surface area (Å²) < 4.78 is 15.9. The Bertz CT molecular complexity index is 849. The van der Waals surface area contributed by atoms with E-state index in [9.17, 15) is 9.90 Å². The molecule has 1 aromatic heterocycles. The molecule has 0 amide bonds. The molecule has 3 rings (SSSR count). The first-order chi connectivity index (χ1) is 10.7. The Morgan fingerprint density at radius 1 is 1.14 bits per heavy atom. The van der Waals surface area contributed by atoms with Crippen molar-refractivity contribution in [2.75, 3.05) is 7.11 Å². The van der Waals surface area contributed by atoms with Gasteiger partial charge >= 0.3 is 5.63 Å². The van der Waals surface area contributed by atoms with Crippen LogP contribution in [0.25, 0.3) is 11.0 Å². The van der Waals surface area contributed by atoms with Gasteiger partial charge in [0.25, 0.3) is 0 Å². The van der Waals surface area contributed by atoms with Crippen molar-refractivity contribution >= 4 is 11.0 Å². The van der Waals surface area contributed by atoms with Crippen LogP contribution in [0.15, 0.2) is 57.7 Å². The molecule has 3 aromatic rings. The highest BCUT2D eigenvalue weighted by Gasteiger charge is 2.10. The number of benzene rings is 2. The van der Waals surface area contributed by atoms with Crippen molar-refractivity contribution in [1.82, 2.24) is 0 Å². The van der Waals surface area contributed by atoms with Crippen LogP contribution >= 0.6 is 0 Å². The molecule has 5 nitrogen and oxygen atoms in total. The first-order valence-electron chi connectivity index (χ1n) is 6.69. The number of rotatable bonds is 4. The monoisotopic (exact) mass is 298 g/mol. The lowest BCUT2D eigenvalue weighted by Gasteiger charge is -2.10. The Hall–Kier alpha value is -2.95. The minimum atomic E-state index is -0.600. The van der Waals surface area contributed by atoms with Crippen LogP contribution in [0.3, 0.4) is 0 Å². The van der Waals surface area contributed by atoms with Crippen LogP contribution < -0.4 is 15.1 Å². The van der Waals surface area contributed by atoms with E-state index < -0.39 is 5.63 Å². The molecule has 1 N–H and O–H groups in total. The van der Waals surface area contributed by atoms with Gasteiger partial charge in [-0.3, -0.25) is 0 Å². The number of methoxy groups -OCH3 is 1. The third-order valence-electron chi connectivity index (χ3n) is 3.26. The molecule has 0 fully saturated rings. The molecule has 112 valence electrons. The maximum Gasteiger partial charge on any atom is 0.339 e. The molecular weight excluding hydrogens is 284 g/mol. The van der Waals surface area contributed by atoms with Crippen molar-refractivity contribution in [1.29, 1.82) is 0 Å². The van der Waals surface area contributed by atoms with E-state index in [2.05, 4.69) is 0 Å². The second-order valence-electron chi connectivity index (χ2n) is 4.72. The molecule has 0 saturated heterocycles. The number of hydrogen-bond donors (Lipinski definition) is 1. The molecule has 0 saturated carbocycles. The zero-order valence-electron chi connectivity index (χ0n) is 11.9. The number of hydrogen-bond acceptors (Lipinski definition) is 5. The topological polar surface area (TPSA) is 68.9 Å². The average molecular weight is 298 g/mol. The van der Waals surface area contributed by atoms with Crippen LogP contribution in [0.1, 0.15) is 5.56 Å². The fraction of sp³-hybridized carbons (Fsp3) is 0.118. The maximum absolute atomic E-state index is 11.3. The summed E-state index contributed by atoms with van der Waals surface area (Å²) in [5, 5.41) is 10.3. The van der Waals surface area contributed by atoms with Gasteiger partial charge in [-0.1, -0.05) is 18.2 Å². The van der Waals surface area contributed by atoms with Crippen LogP contribution in [0.2, 0.25) is 0 Å². The van der Waals surface area contributed by atoms with Gasteiger partial charge in [0.15, 0.2) is 0 Å². The molecule has 2 aromatic carbocycles. The van der Waals surface area contributed by atoms with Gasteiger partial charge in [-0.15, -0.1) is 0 Å². The smallest absolute Gasteiger partial charge is 0.339 e. The second-order valence-corrected chi connectivity index (χ2v) is 4.72. The highest BCUT2D eigenvalue weighted by atomic mass is 16.5. The molecule has 0 unspecified atom stereocenters. The zero-order chi connectivity index (χ0) is 15.5. The summed E-state index contributed by atoms with van der Waals surface area (Å²) in [7, 11) is 1.61.